The molecule has 2 heterocycles. The Bertz CT molecular complexity index is 745. The molecule has 0 aromatic rings. The maximum atomic E-state index is 11.4. The summed E-state index contributed by atoms with van der Waals surface area (Å²) in [5, 5.41) is 0.0295. The van der Waals surface area contributed by atoms with Gasteiger partial charge in [-0.25, -0.2) is 0 Å². The van der Waals surface area contributed by atoms with Crippen molar-refractivity contribution in [2.24, 2.45) is 11.8 Å². The lowest BCUT2D eigenvalue weighted by Gasteiger charge is -2.34. The van der Waals surface area contributed by atoms with Gasteiger partial charge in [-0.1, -0.05) is 50.5 Å². The number of esters is 1. The van der Waals surface area contributed by atoms with E-state index in [1.165, 1.54) is 20.0 Å². The van der Waals surface area contributed by atoms with Crippen LogP contribution < -0.4 is 0 Å². The van der Waals surface area contributed by atoms with Crippen LogP contribution in [-0.4, -0.2) is 56.0 Å². The number of halogens is 1. The quantitative estimate of drug-likeness (QED) is 0.0817. The maximum Gasteiger partial charge on any atom is 0.305 e. The number of hydrogen-bond acceptors (Lipinski definition) is 6. The van der Waals surface area contributed by atoms with Gasteiger partial charge in [0.1, 0.15) is 0 Å². The van der Waals surface area contributed by atoms with E-state index in [0.29, 0.717) is 6.42 Å². The SMILES string of the molecule is CCCCCC(C)(/C=C/[C@@H]1[C@@H](C/C=C\CCCC(=O)OC)[C@H](Cl)C[C@H]1OC1CCCCO1)OC1CCCCO1. The first kappa shape index (κ1) is 32.6. The zero-order chi connectivity index (χ0) is 27.9. The van der Waals surface area contributed by atoms with Gasteiger partial charge in [-0.05, 0) is 83.5 Å². The first-order chi connectivity index (χ1) is 18.9. The van der Waals surface area contributed by atoms with Crippen molar-refractivity contribution in [2.45, 2.75) is 140 Å². The highest BCUT2D eigenvalue weighted by molar-refractivity contribution is 6.21. The number of allylic oxidation sites excluding steroid dienone is 2. The summed E-state index contributed by atoms with van der Waals surface area (Å²) in [6, 6.07) is 0. The number of carbonyl (C=O) groups excluding carboxylic acids is 1. The van der Waals surface area contributed by atoms with Crippen LogP contribution in [-0.2, 0) is 28.5 Å². The van der Waals surface area contributed by atoms with E-state index in [-0.39, 0.29) is 47.5 Å². The predicted octanol–water partition coefficient (Wildman–Crippen LogP) is 7.87. The van der Waals surface area contributed by atoms with Gasteiger partial charge in [0.05, 0.1) is 18.8 Å². The molecular weight excluding hydrogens is 516 g/mol. The molecule has 224 valence electrons. The summed E-state index contributed by atoms with van der Waals surface area (Å²) in [4.78, 5) is 11.4. The van der Waals surface area contributed by atoms with Gasteiger partial charge in [0.25, 0.3) is 0 Å². The Morgan fingerprint density at radius 2 is 1.77 bits per heavy atom. The summed E-state index contributed by atoms with van der Waals surface area (Å²) >= 11 is 6.99. The smallest absolute Gasteiger partial charge is 0.305 e. The molecule has 2 saturated heterocycles. The van der Waals surface area contributed by atoms with Crippen LogP contribution in [0.4, 0.5) is 0 Å². The van der Waals surface area contributed by atoms with Crippen molar-refractivity contribution >= 4 is 17.6 Å². The van der Waals surface area contributed by atoms with Gasteiger partial charge in [0, 0.05) is 30.9 Å². The fourth-order valence-corrected chi connectivity index (χ4v) is 6.41. The number of carbonyl (C=O) groups is 1. The number of unbranched alkanes of at least 4 members (excludes halogenated alkanes) is 3. The van der Waals surface area contributed by atoms with Gasteiger partial charge in [0.15, 0.2) is 12.6 Å². The molecule has 3 fully saturated rings. The molecule has 6 nitrogen and oxygen atoms in total. The lowest BCUT2D eigenvalue weighted by atomic mass is 9.88. The normalized spacial score (nSPS) is 31.6. The first-order valence-corrected chi connectivity index (χ1v) is 16.0. The number of methoxy groups -OCH3 is 1. The van der Waals surface area contributed by atoms with Crippen molar-refractivity contribution in [3.63, 3.8) is 0 Å². The van der Waals surface area contributed by atoms with E-state index < -0.39 is 0 Å². The van der Waals surface area contributed by atoms with E-state index in [9.17, 15) is 4.79 Å². The first-order valence-electron chi connectivity index (χ1n) is 15.6. The largest absolute Gasteiger partial charge is 0.469 e. The summed E-state index contributed by atoms with van der Waals surface area (Å²) in [6.07, 6.45) is 23.5. The standard InChI is InChI=1S/C32H53ClO6/c1-4-5-12-20-32(2,39-31-18-11-14-23-37-31)21-19-26-25(15-8-6-7-9-16-29(34)35-3)27(33)24-28(26)38-30-17-10-13-22-36-30/h6,8,19,21,25-28,30-31H,4-5,7,9-18,20,22-24H2,1-3H3/b8-6-,21-19+/t25-,26-,27-,28-,30?,31?,32?/m1/s1. The molecule has 0 N–H and O–H groups in total. The monoisotopic (exact) mass is 568 g/mol. The van der Waals surface area contributed by atoms with Crippen molar-refractivity contribution < 1.29 is 28.5 Å². The minimum absolute atomic E-state index is 0.0235. The summed E-state index contributed by atoms with van der Waals surface area (Å²) < 4.78 is 29.8. The third-order valence-corrected chi connectivity index (χ3v) is 8.85. The summed E-state index contributed by atoms with van der Waals surface area (Å²) in [7, 11) is 1.44. The van der Waals surface area contributed by atoms with E-state index >= 15 is 0 Å². The molecule has 3 aliphatic rings. The van der Waals surface area contributed by atoms with E-state index in [0.717, 1.165) is 90.3 Å². The lowest BCUT2D eigenvalue weighted by molar-refractivity contribution is -0.208. The zero-order valence-electron chi connectivity index (χ0n) is 24.6. The molecule has 0 radical (unpaired) electrons. The van der Waals surface area contributed by atoms with Crippen molar-refractivity contribution in [3.8, 4) is 0 Å². The Hall–Kier alpha value is -0.920. The molecule has 1 saturated carbocycles. The average Bonchev–Trinajstić information content (AvgIpc) is 3.23. The molecule has 39 heavy (non-hydrogen) atoms. The summed E-state index contributed by atoms with van der Waals surface area (Å²) in [5.41, 5.74) is -0.387. The van der Waals surface area contributed by atoms with Crippen LogP contribution in [0.1, 0.15) is 110 Å². The molecule has 0 amide bonds. The Balaban J connectivity index is 1.71. The highest BCUT2D eigenvalue weighted by Crippen LogP contribution is 2.43. The van der Waals surface area contributed by atoms with Crippen molar-refractivity contribution in [3.05, 3.63) is 24.3 Å². The molecule has 3 rings (SSSR count). The van der Waals surface area contributed by atoms with Gasteiger partial charge in [-0.15, -0.1) is 11.6 Å². The van der Waals surface area contributed by atoms with Crippen LogP contribution in [0.5, 0.6) is 0 Å². The number of rotatable bonds is 16. The van der Waals surface area contributed by atoms with Crippen molar-refractivity contribution in [1.29, 1.82) is 0 Å². The van der Waals surface area contributed by atoms with E-state index in [2.05, 4.69) is 38.2 Å². The van der Waals surface area contributed by atoms with Crippen LogP contribution in [0.25, 0.3) is 0 Å². The predicted molar refractivity (Wildman–Crippen MR) is 156 cm³/mol. The van der Waals surface area contributed by atoms with Crippen molar-refractivity contribution in [1.82, 2.24) is 0 Å². The number of hydrogen-bond donors (Lipinski definition) is 0. The Morgan fingerprint density at radius 1 is 1.03 bits per heavy atom. The van der Waals surface area contributed by atoms with Gasteiger partial charge >= 0.3 is 5.97 Å². The topological polar surface area (TPSA) is 63.2 Å². The lowest BCUT2D eigenvalue weighted by Crippen LogP contribution is -2.36. The van der Waals surface area contributed by atoms with Gasteiger partial charge in [-0.3, -0.25) is 4.79 Å². The average molecular weight is 569 g/mol. The number of ether oxygens (including phenoxy) is 5. The third kappa shape index (κ3) is 11.5. The molecular formula is C32H53ClO6. The molecule has 0 aromatic heterocycles. The minimum atomic E-state index is -0.387. The van der Waals surface area contributed by atoms with E-state index in [4.69, 9.17) is 35.3 Å². The Morgan fingerprint density at radius 3 is 2.44 bits per heavy atom. The second-order valence-electron chi connectivity index (χ2n) is 11.7. The zero-order valence-corrected chi connectivity index (χ0v) is 25.4. The van der Waals surface area contributed by atoms with E-state index in [1.54, 1.807) is 0 Å². The van der Waals surface area contributed by atoms with Crippen LogP contribution in [0, 0.1) is 11.8 Å². The maximum absolute atomic E-state index is 11.4. The summed E-state index contributed by atoms with van der Waals surface area (Å²) in [5.74, 6) is 0.288. The molecule has 1 aliphatic carbocycles. The van der Waals surface area contributed by atoms with Crippen LogP contribution in [0.2, 0.25) is 0 Å². The molecule has 7 heteroatoms. The van der Waals surface area contributed by atoms with Crippen LogP contribution in [0.3, 0.4) is 0 Å². The fourth-order valence-electron chi connectivity index (χ4n) is 5.97. The van der Waals surface area contributed by atoms with Crippen LogP contribution in [0.15, 0.2) is 24.3 Å². The molecule has 0 bridgehead atoms. The van der Waals surface area contributed by atoms with Gasteiger partial charge in [0.2, 0.25) is 0 Å². The molecule has 3 unspecified atom stereocenters. The second-order valence-corrected chi connectivity index (χ2v) is 12.2. The third-order valence-electron chi connectivity index (χ3n) is 8.35. The summed E-state index contributed by atoms with van der Waals surface area (Å²) in [6.45, 7) is 5.99. The fraction of sp³-hybridized carbons (Fsp3) is 0.844. The second kappa shape index (κ2) is 17.8. The molecule has 0 aromatic carbocycles. The van der Waals surface area contributed by atoms with E-state index in [1.807, 2.05) is 0 Å². The van der Waals surface area contributed by atoms with Gasteiger partial charge in [-0.2, -0.15) is 0 Å². The molecule has 0 spiro atoms. The van der Waals surface area contributed by atoms with Crippen LogP contribution >= 0.6 is 11.6 Å². The number of alkyl halides is 1. The molecule has 2 aliphatic heterocycles. The van der Waals surface area contributed by atoms with Crippen molar-refractivity contribution in [2.75, 3.05) is 20.3 Å². The Kier molecular flexibility index (Phi) is 14.9. The minimum Gasteiger partial charge on any atom is -0.469 e. The highest BCUT2D eigenvalue weighted by Gasteiger charge is 2.43. The highest BCUT2D eigenvalue weighted by atomic mass is 35.5. The van der Waals surface area contributed by atoms with Gasteiger partial charge < -0.3 is 23.7 Å². The Labute approximate surface area is 242 Å². The molecule has 7 atom stereocenters.